The maximum atomic E-state index is 5.83. The van der Waals surface area contributed by atoms with E-state index in [0.717, 1.165) is 37.7 Å². The normalized spacial score (nSPS) is 15.9. The molecule has 0 radical (unpaired) electrons. The second-order valence-electron chi connectivity index (χ2n) is 5.45. The second-order valence-corrected chi connectivity index (χ2v) is 5.45. The van der Waals surface area contributed by atoms with E-state index in [1.165, 1.54) is 5.56 Å². The minimum Gasteiger partial charge on any atom is -0.457 e. The number of hydrogen-bond donors (Lipinski definition) is 1. The van der Waals surface area contributed by atoms with Crippen molar-refractivity contribution in [3.63, 3.8) is 0 Å². The van der Waals surface area contributed by atoms with E-state index in [1.54, 1.807) is 0 Å². The molecule has 3 rings (SSSR count). The van der Waals surface area contributed by atoms with Gasteiger partial charge < -0.3 is 10.1 Å². The SMILES string of the molecule is C[C@@H](c1ccc(Oc2ccccc2)cc1)N1CCNCC1.Cl.Cl. The fraction of sp³-hybridized carbons (Fsp3) is 0.333. The molecule has 0 aromatic heterocycles. The molecule has 0 aliphatic carbocycles. The van der Waals surface area contributed by atoms with Gasteiger partial charge in [-0.3, -0.25) is 4.90 Å². The van der Waals surface area contributed by atoms with Gasteiger partial charge in [-0.1, -0.05) is 30.3 Å². The number of ether oxygens (including phenoxy) is 1. The van der Waals surface area contributed by atoms with Gasteiger partial charge in [0.1, 0.15) is 11.5 Å². The molecule has 3 nitrogen and oxygen atoms in total. The van der Waals surface area contributed by atoms with Crippen molar-refractivity contribution >= 4 is 24.8 Å². The summed E-state index contributed by atoms with van der Waals surface area (Å²) >= 11 is 0. The van der Waals surface area contributed by atoms with E-state index in [4.69, 9.17) is 4.74 Å². The Labute approximate surface area is 150 Å². The fourth-order valence-corrected chi connectivity index (χ4v) is 2.72. The summed E-state index contributed by atoms with van der Waals surface area (Å²) in [4.78, 5) is 2.52. The summed E-state index contributed by atoms with van der Waals surface area (Å²) in [6.07, 6.45) is 0. The van der Waals surface area contributed by atoms with Crippen LogP contribution in [0.5, 0.6) is 11.5 Å². The van der Waals surface area contributed by atoms with Crippen LogP contribution in [0.25, 0.3) is 0 Å². The largest absolute Gasteiger partial charge is 0.457 e. The molecule has 2 aromatic rings. The van der Waals surface area contributed by atoms with Gasteiger partial charge in [-0.15, -0.1) is 24.8 Å². The van der Waals surface area contributed by atoms with Gasteiger partial charge in [-0.25, -0.2) is 0 Å². The lowest BCUT2D eigenvalue weighted by atomic mass is 10.1. The highest BCUT2D eigenvalue weighted by molar-refractivity contribution is 5.85. The molecule has 1 atom stereocenters. The molecule has 1 aliphatic rings. The topological polar surface area (TPSA) is 24.5 Å². The number of nitrogens with one attached hydrogen (secondary N) is 1. The van der Waals surface area contributed by atoms with Crippen LogP contribution in [0.2, 0.25) is 0 Å². The Hall–Kier alpha value is -1.26. The predicted octanol–water partition coefficient (Wildman–Crippen LogP) is 4.29. The van der Waals surface area contributed by atoms with Crippen LogP contribution in [-0.4, -0.2) is 31.1 Å². The van der Waals surface area contributed by atoms with E-state index in [1.807, 2.05) is 30.3 Å². The summed E-state index contributed by atoms with van der Waals surface area (Å²) in [5.74, 6) is 1.76. The molecule has 0 unspecified atom stereocenters. The van der Waals surface area contributed by atoms with Crippen LogP contribution in [-0.2, 0) is 0 Å². The summed E-state index contributed by atoms with van der Waals surface area (Å²) in [7, 11) is 0. The van der Waals surface area contributed by atoms with Crippen LogP contribution in [0.15, 0.2) is 54.6 Å². The van der Waals surface area contributed by atoms with Crippen molar-refractivity contribution in [2.24, 2.45) is 0 Å². The van der Waals surface area contributed by atoms with Gasteiger partial charge in [0, 0.05) is 32.2 Å². The Kier molecular flexibility index (Phi) is 8.42. The first-order valence-corrected chi connectivity index (χ1v) is 7.60. The van der Waals surface area contributed by atoms with E-state index in [2.05, 4.69) is 41.4 Å². The zero-order valence-corrected chi connectivity index (χ0v) is 14.9. The highest BCUT2D eigenvalue weighted by atomic mass is 35.5. The van der Waals surface area contributed by atoms with E-state index in [-0.39, 0.29) is 24.8 Å². The lowest BCUT2D eigenvalue weighted by Gasteiger charge is -2.33. The number of halogens is 2. The van der Waals surface area contributed by atoms with Crippen molar-refractivity contribution in [2.75, 3.05) is 26.2 Å². The first-order valence-electron chi connectivity index (χ1n) is 7.60. The van der Waals surface area contributed by atoms with Gasteiger partial charge in [0.05, 0.1) is 0 Å². The van der Waals surface area contributed by atoms with E-state index in [0.29, 0.717) is 6.04 Å². The summed E-state index contributed by atoms with van der Waals surface area (Å²) in [5.41, 5.74) is 1.34. The van der Waals surface area contributed by atoms with E-state index in [9.17, 15) is 0 Å². The molecule has 1 saturated heterocycles. The molecule has 1 N–H and O–H groups in total. The standard InChI is InChI=1S/C18H22N2O.2ClH/c1-15(20-13-11-19-12-14-20)16-7-9-18(10-8-16)21-17-5-3-2-4-6-17;;/h2-10,15,19H,11-14H2,1H3;2*1H/t15-;;/m0../s1. The maximum absolute atomic E-state index is 5.83. The summed E-state index contributed by atoms with van der Waals surface area (Å²) < 4.78 is 5.83. The summed E-state index contributed by atoms with van der Waals surface area (Å²) in [6.45, 7) is 6.67. The highest BCUT2D eigenvalue weighted by Crippen LogP contribution is 2.25. The Bertz CT molecular complexity index is 557. The summed E-state index contributed by atoms with van der Waals surface area (Å²) in [5, 5.41) is 3.40. The first-order chi connectivity index (χ1) is 10.3. The van der Waals surface area contributed by atoms with E-state index >= 15 is 0 Å². The van der Waals surface area contributed by atoms with Gasteiger partial charge in [-0.2, -0.15) is 0 Å². The minimum atomic E-state index is 0. The van der Waals surface area contributed by atoms with Crippen molar-refractivity contribution in [3.8, 4) is 11.5 Å². The lowest BCUT2D eigenvalue weighted by molar-refractivity contribution is 0.185. The van der Waals surface area contributed by atoms with Crippen LogP contribution in [0.1, 0.15) is 18.5 Å². The summed E-state index contributed by atoms with van der Waals surface area (Å²) in [6, 6.07) is 18.8. The lowest BCUT2D eigenvalue weighted by Crippen LogP contribution is -2.44. The molecule has 126 valence electrons. The van der Waals surface area contributed by atoms with Crippen LogP contribution < -0.4 is 10.1 Å². The molecular weight excluding hydrogens is 331 g/mol. The molecule has 1 fully saturated rings. The van der Waals surface area contributed by atoms with Gasteiger partial charge in [0.15, 0.2) is 0 Å². The number of rotatable bonds is 4. The quantitative estimate of drug-likeness (QED) is 0.886. The Morgan fingerprint density at radius 2 is 1.43 bits per heavy atom. The van der Waals surface area contributed by atoms with Crippen LogP contribution in [0, 0.1) is 0 Å². The number of nitrogens with zero attached hydrogens (tertiary/aromatic N) is 1. The maximum Gasteiger partial charge on any atom is 0.127 e. The molecule has 0 amide bonds. The van der Waals surface area contributed by atoms with Crippen molar-refractivity contribution in [3.05, 3.63) is 60.2 Å². The van der Waals surface area contributed by atoms with Crippen molar-refractivity contribution in [1.29, 1.82) is 0 Å². The highest BCUT2D eigenvalue weighted by Gasteiger charge is 2.17. The third-order valence-corrected chi connectivity index (χ3v) is 4.04. The second kappa shape index (κ2) is 9.78. The molecule has 2 aromatic carbocycles. The van der Waals surface area contributed by atoms with Gasteiger partial charge in [0.2, 0.25) is 0 Å². The monoisotopic (exact) mass is 354 g/mol. The molecule has 23 heavy (non-hydrogen) atoms. The molecular formula is C18H24Cl2N2O. The Morgan fingerprint density at radius 1 is 0.870 bits per heavy atom. The molecule has 0 bridgehead atoms. The van der Waals surface area contributed by atoms with Crippen LogP contribution in [0.4, 0.5) is 0 Å². The van der Waals surface area contributed by atoms with Crippen molar-refractivity contribution in [2.45, 2.75) is 13.0 Å². The third-order valence-electron chi connectivity index (χ3n) is 4.04. The number of piperazine rings is 1. The molecule has 0 spiro atoms. The Morgan fingerprint density at radius 3 is 2.04 bits per heavy atom. The molecule has 5 heteroatoms. The average molecular weight is 355 g/mol. The van der Waals surface area contributed by atoms with Gasteiger partial charge in [-0.05, 0) is 36.8 Å². The fourth-order valence-electron chi connectivity index (χ4n) is 2.72. The first kappa shape index (κ1) is 19.8. The molecule has 1 aliphatic heterocycles. The Balaban J connectivity index is 0.00000132. The molecule has 0 saturated carbocycles. The van der Waals surface area contributed by atoms with Crippen molar-refractivity contribution < 1.29 is 4.74 Å². The molecule has 1 heterocycles. The number of benzene rings is 2. The smallest absolute Gasteiger partial charge is 0.127 e. The van der Waals surface area contributed by atoms with Gasteiger partial charge >= 0.3 is 0 Å². The van der Waals surface area contributed by atoms with E-state index < -0.39 is 0 Å². The van der Waals surface area contributed by atoms with Gasteiger partial charge in [0.25, 0.3) is 0 Å². The third kappa shape index (κ3) is 5.40. The zero-order valence-electron chi connectivity index (χ0n) is 13.3. The minimum absolute atomic E-state index is 0. The predicted molar refractivity (Wildman–Crippen MR) is 100 cm³/mol. The van der Waals surface area contributed by atoms with Crippen LogP contribution in [0.3, 0.4) is 0 Å². The van der Waals surface area contributed by atoms with Crippen LogP contribution >= 0.6 is 24.8 Å². The number of hydrogen-bond acceptors (Lipinski definition) is 3. The number of para-hydroxylation sites is 1. The average Bonchev–Trinajstić information content (AvgIpc) is 2.57. The van der Waals surface area contributed by atoms with Crippen molar-refractivity contribution in [1.82, 2.24) is 10.2 Å². The zero-order chi connectivity index (χ0) is 14.5.